The Kier molecular flexibility index (Phi) is 6.75. The zero-order valence-electron chi connectivity index (χ0n) is 14.3. The molecule has 134 valence electrons. The van der Waals surface area contributed by atoms with Crippen LogP contribution in [0.25, 0.3) is 0 Å². The minimum Gasteiger partial charge on any atom is -0.352 e. The maximum atomic E-state index is 12.1. The average molecular weight is 386 g/mol. The Morgan fingerprint density at radius 2 is 1.88 bits per heavy atom. The molecule has 0 bridgehead atoms. The number of hydrogen-bond donors (Lipinski definition) is 1. The van der Waals surface area contributed by atoms with Crippen LogP contribution in [0.15, 0.2) is 72.1 Å². The van der Waals surface area contributed by atoms with Gasteiger partial charge in [-0.3, -0.25) is 4.79 Å². The molecule has 3 aromatic rings. The van der Waals surface area contributed by atoms with Crippen molar-refractivity contribution in [3.8, 4) is 0 Å². The lowest BCUT2D eigenvalue weighted by atomic mass is 10.1. The van der Waals surface area contributed by atoms with Crippen LogP contribution in [0.4, 0.5) is 0 Å². The maximum absolute atomic E-state index is 12.1. The minimum absolute atomic E-state index is 0.0592. The summed E-state index contributed by atoms with van der Waals surface area (Å²) in [5.41, 5.74) is 2.31. The molecule has 0 radical (unpaired) electrons. The molecule has 0 saturated heterocycles. The number of hydrogen-bond acceptors (Lipinski definition) is 3. The summed E-state index contributed by atoms with van der Waals surface area (Å²) >= 11 is 7.53. The lowest BCUT2D eigenvalue weighted by Gasteiger charge is -2.11. The molecule has 1 aromatic heterocycles. The molecule has 0 aliphatic carbocycles. The average Bonchev–Trinajstić information content (AvgIpc) is 3.16. The van der Waals surface area contributed by atoms with Gasteiger partial charge in [-0.1, -0.05) is 35.9 Å². The normalized spacial score (nSPS) is 10.7. The van der Waals surface area contributed by atoms with Crippen LogP contribution in [-0.2, 0) is 17.9 Å². The van der Waals surface area contributed by atoms with E-state index in [1.54, 1.807) is 24.3 Å². The first-order chi connectivity index (χ1) is 12.7. The minimum atomic E-state index is 0.0592. The second-order valence-corrected chi connectivity index (χ2v) is 7.44. The number of amides is 1. The van der Waals surface area contributed by atoms with Crippen LogP contribution >= 0.6 is 23.4 Å². The Morgan fingerprint density at radius 3 is 2.62 bits per heavy atom. The standard InChI is InChI=1S/C20H20ClN3OS/c21-18-5-7-19(8-6-18)26-12-9-20(25)23-13-16-3-1-2-4-17(16)14-24-11-10-22-15-24/h1-8,10-11,15H,9,12-14H2,(H,23,25). The third-order valence-corrected chi connectivity index (χ3v) is 5.18. The van der Waals surface area contributed by atoms with Gasteiger partial charge in [-0.15, -0.1) is 11.8 Å². The molecule has 0 unspecified atom stereocenters. The molecule has 0 saturated carbocycles. The Hall–Kier alpha value is -2.24. The monoisotopic (exact) mass is 385 g/mol. The predicted molar refractivity (Wildman–Crippen MR) is 106 cm³/mol. The van der Waals surface area contributed by atoms with Gasteiger partial charge < -0.3 is 9.88 Å². The van der Waals surface area contributed by atoms with Gasteiger partial charge >= 0.3 is 0 Å². The Bertz CT molecular complexity index is 835. The smallest absolute Gasteiger partial charge is 0.221 e. The maximum Gasteiger partial charge on any atom is 0.221 e. The van der Waals surface area contributed by atoms with Crippen molar-refractivity contribution < 1.29 is 4.79 Å². The predicted octanol–water partition coefficient (Wildman–Crippen LogP) is 4.38. The van der Waals surface area contributed by atoms with Crippen LogP contribution < -0.4 is 5.32 Å². The molecule has 1 amide bonds. The van der Waals surface area contributed by atoms with Crippen molar-refractivity contribution >= 4 is 29.3 Å². The Morgan fingerprint density at radius 1 is 1.12 bits per heavy atom. The molecule has 3 rings (SSSR count). The molecule has 2 aromatic carbocycles. The summed E-state index contributed by atoms with van der Waals surface area (Å²) < 4.78 is 2.02. The van der Waals surface area contributed by atoms with E-state index < -0.39 is 0 Å². The topological polar surface area (TPSA) is 46.9 Å². The number of imidazole rings is 1. The second-order valence-electron chi connectivity index (χ2n) is 5.83. The number of halogens is 1. The summed E-state index contributed by atoms with van der Waals surface area (Å²) in [4.78, 5) is 17.3. The molecule has 4 nitrogen and oxygen atoms in total. The fourth-order valence-electron chi connectivity index (χ4n) is 2.54. The van der Waals surface area contributed by atoms with Crippen molar-refractivity contribution in [1.29, 1.82) is 0 Å². The van der Waals surface area contributed by atoms with Crippen LogP contribution in [0.1, 0.15) is 17.5 Å². The van der Waals surface area contributed by atoms with Gasteiger partial charge in [-0.05, 0) is 35.4 Å². The SMILES string of the molecule is O=C(CCSc1ccc(Cl)cc1)NCc1ccccc1Cn1ccnc1. The number of carbonyl (C=O) groups excluding carboxylic acids is 1. The lowest BCUT2D eigenvalue weighted by molar-refractivity contribution is -0.120. The molecular weight excluding hydrogens is 366 g/mol. The molecule has 26 heavy (non-hydrogen) atoms. The Balaban J connectivity index is 1.46. The van der Waals surface area contributed by atoms with Gasteiger partial charge in [0, 0.05) is 47.6 Å². The van der Waals surface area contributed by atoms with Crippen LogP contribution in [0.5, 0.6) is 0 Å². The Labute approximate surface area is 162 Å². The first kappa shape index (κ1) is 18.5. The molecule has 0 atom stereocenters. The summed E-state index contributed by atoms with van der Waals surface area (Å²) in [7, 11) is 0. The van der Waals surface area contributed by atoms with Crippen LogP contribution in [0.2, 0.25) is 5.02 Å². The fraction of sp³-hybridized carbons (Fsp3) is 0.200. The molecule has 0 aliphatic heterocycles. The van der Waals surface area contributed by atoms with Gasteiger partial charge in [0.15, 0.2) is 0 Å². The number of nitrogens with one attached hydrogen (secondary N) is 1. The number of carbonyl (C=O) groups is 1. The fourth-order valence-corrected chi connectivity index (χ4v) is 3.51. The van der Waals surface area contributed by atoms with Gasteiger partial charge in [0.1, 0.15) is 0 Å². The van der Waals surface area contributed by atoms with Gasteiger partial charge in [0.2, 0.25) is 5.91 Å². The van der Waals surface area contributed by atoms with E-state index in [2.05, 4.69) is 22.4 Å². The number of nitrogens with zero attached hydrogens (tertiary/aromatic N) is 2. The first-order valence-corrected chi connectivity index (χ1v) is 9.74. The molecular formula is C20H20ClN3OS. The van der Waals surface area contributed by atoms with E-state index in [1.165, 1.54) is 5.56 Å². The summed E-state index contributed by atoms with van der Waals surface area (Å²) in [5, 5.41) is 3.74. The highest BCUT2D eigenvalue weighted by Crippen LogP contribution is 2.20. The quantitative estimate of drug-likeness (QED) is 0.585. The molecule has 0 spiro atoms. The van der Waals surface area contributed by atoms with Crippen molar-refractivity contribution in [2.24, 2.45) is 0 Å². The molecule has 6 heteroatoms. The first-order valence-electron chi connectivity index (χ1n) is 8.38. The third-order valence-electron chi connectivity index (χ3n) is 3.92. The van der Waals surface area contributed by atoms with Crippen LogP contribution in [-0.4, -0.2) is 21.2 Å². The van der Waals surface area contributed by atoms with Crippen molar-refractivity contribution in [1.82, 2.24) is 14.9 Å². The van der Waals surface area contributed by atoms with Crippen molar-refractivity contribution in [3.63, 3.8) is 0 Å². The highest BCUT2D eigenvalue weighted by Gasteiger charge is 2.06. The molecule has 0 aliphatic rings. The molecule has 1 heterocycles. The number of benzene rings is 2. The molecule has 1 N–H and O–H groups in total. The van der Waals surface area contributed by atoms with Crippen molar-refractivity contribution in [2.75, 3.05) is 5.75 Å². The van der Waals surface area contributed by atoms with Crippen LogP contribution in [0.3, 0.4) is 0 Å². The largest absolute Gasteiger partial charge is 0.352 e. The number of thioether (sulfide) groups is 1. The van der Waals surface area contributed by atoms with E-state index in [-0.39, 0.29) is 5.91 Å². The van der Waals surface area contributed by atoms with E-state index in [1.807, 2.05) is 47.2 Å². The van der Waals surface area contributed by atoms with Crippen LogP contribution in [0, 0.1) is 0 Å². The summed E-state index contributed by atoms with van der Waals surface area (Å²) in [5.74, 6) is 0.799. The zero-order valence-corrected chi connectivity index (χ0v) is 15.8. The highest BCUT2D eigenvalue weighted by atomic mass is 35.5. The molecule has 0 fully saturated rings. The van der Waals surface area contributed by atoms with Crippen molar-refractivity contribution in [3.05, 3.63) is 83.4 Å². The van der Waals surface area contributed by atoms with Gasteiger partial charge in [0.25, 0.3) is 0 Å². The van der Waals surface area contributed by atoms with E-state index in [9.17, 15) is 4.79 Å². The summed E-state index contributed by atoms with van der Waals surface area (Å²) in [6, 6.07) is 15.8. The van der Waals surface area contributed by atoms with E-state index in [0.717, 1.165) is 27.8 Å². The summed E-state index contributed by atoms with van der Waals surface area (Å²) in [6.45, 7) is 1.29. The van der Waals surface area contributed by atoms with Gasteiger partial charge in [-0.25, -0.2) is 4.98 Å². The van der Waals surface area contributed by atoms with E-state index in [0.29, 0.717) is 13.0 Å². The summed E-state index contributed by atoms with van der Waals surface area (Å²) in [6.07, 6.45) is 5.98. The third kappa shape index (κ3) is 5.64. The van der Waals surface area contributed by atoms with Crippen molar-refractivity contribution in [2.45, 2.75) is 24.4 Å². The van der Waals surface area contributed by atoms with Gasteiger partial charge in [0.05, 0.1) is 6.33 Å². The zero-order chi connectivity index (χ0) is 18.2. The lowest BCUT2D eigenvalue weighted by Crippen LogP contribution is -2.23. The van der Waals surface area contributed by atoms with E-state index >= 15 is 0 Å². The number of aromatic nitrogens is 2. The van der Waals surface area contributed by atoms with Gasteiger partial charge in [-0.2, -0.15) is 0 Å². The number of rotatable bonds is 8. The highest BCUT2D eigenvalue weighted by molar-refractivity contribution is 7.99. The second kappa shape index (κ2) is 9.46. The van der Waals surface area contributed by atoms with E-state index in [4.69, 9.17) is 11.6 Å².